The Morgan fingerprint density at radius 2 is 0.662 bits per heavy atom. The Labute approximate surface area is 404 Å². The van der Waals surface area contributed by atoms with Gasteiger partial charge < -0.3 is 14.6 Å². The first-order valence-electron chi connectivity index (χ1n) is 28.3. The number of aliphatic hydroxyl groups excluding tert-OH is 1. The van der Waals surface area contributed by atoms with Crippen LogP contribution in [0, 0.1) is 0 Å². The van der Waals surface area contributed by atoms with Crippen LogP contribution < -0.4 is 0 Å². The molecule has 65 heavy (non-hydrogen) atoms. The van der Waals surface area contributed by atoms with Gasteiger partial charge in [-0.05, 0) is 57.8 Å². The summed E-state index contributed by atoms with van der Waals surface area (Å²) in [5, 5.41) is 9.65. The van der Waals surface area contributed by atoms with E-state index in [1.54, 1.807) is 0 Å². The molecule has 0 heterocycles. The fourth-order valence-corrected chi connectivity index (χ4v) is 8.35. The largest absolute Gasteiger partial charge is 0.462 e. The normalized spacial score (nSPS) is 12.6. The van der Waals surface area contributed by atoms with Crippen molar-refractivity contribution in [3.8, 4) is 0 Å². The third-order valence-electron chi connectivity index (χ3n) is 12.6. The SMILES string of the molecule is CC/C=C\C/C=C\C/C=C\C/C=C\C/C=C\CCCCCCCCCCCCCCCCCC(=O)OC(CO)COC(=O)CCCCCCCCCCCCCCCCCCCCCC. The summed E-state index contributed by atoms with van der Waals surface area (Å²) in [5.41, 5.74) is 0. The van der Waals surface area contributed by atoms with Gasteiger partial charge in [0.15, 0.2) is 6.10 Å². The first-order chi connectivity index (χ1) is 32.1. The lowest BCUT2D eigenvalue weighted by molar-refractivity contribution is -0.161. The molecule has 0 bridgehead atoms. The highest BCUT2D eigenvalue weighted by molar-refractivity contribution is 5.70. The summed E-state index contributed by atoms with van der Waals surface area (Å²) >= 11 is 0. The van der Waals surface area contributed by atoms with E-state index in [1.165, 1.54) is 193 Å². The van der Waals surface area contributed by atoms with Crippen LogP contribution in [0.15, 0.2) is 60.8 Å². The Hall–Kier alpha value is -2.40. The summed E-state index contributed by atoms with van der Waals surface area (Å²) in [6, 6.07) is 0. The fourth-order valence-electron chi connectivity index (χ4n) is 8.35. The molecule has 5 nitrogen and oxygen atoms in total. The van der Waals surface area contributed by atoms with Crippen LogP contribution in [0.25, 0.3) is 0 Å². The highest BCUT2D eigenvalue weighted by Gasteiger charge is 2.16. The molecule has 0 aromatic carbocycles. The second kappa shape index (κ2) is 55.9. The Morgan fingerprint density at radius 3 is 1.00 bits per heavy atom. The number of allylic oxidation sites excluding steroid dienone is 10. The van der Waals surface area contributed by atoms with Gasteiger partial charge in [0, 0.05) is 12.8 Å². The molecule has 0 saturated carbocycles. The maximum atomic E-state index is 12.3. The van der Waals surface area contributed by atoms with E-state index in [2.05, 4.69) is 74.6 Å². The molecule has 0 aromatic rings. The molecule has 0 fully saturated rings. The van der Waals surface area contributed by atoms with Crippen LogP contribution in [0.1, 0.15) is 290 Å². The maximum Gasteiger partial charge on any atom is 0.306 e. The topological polar surface area (TPSA) is 72.8 Å². The van der Waals surface area contributed by atoms with Crippen LogP contribution in [0.2, 0.25) is 0 Å². The zero-order valence-electron chi connectivity index (χ0n) is 43.3. The summed E-state index contributed by atoms with van der Waals surface area (Å²) in [4.78, 5) is 24.5. The van der Waals surface area contributed by atoms with Crippen molar-refractivity contribution >= 4 is 11.9 Å². The van der Waals surface area contributed by atoms with E-state index >= 15 is 0 Å². The van der Waals surface area contributed by atoms with Gasteiger partial charge in [0.1, 0.15) is 6.61 Å². The van der Waals surface area contributed by atoms with Crippen molar-refractivity contribution in [3.63, 3.8) is 0 Å². The smallest absolute Gasteiger partial charge is 0.306 e. The second-order valence-electron chi connectivity index (χ2n) is 19.0. The molecule has 0 aromatic heterocycles. The zero-order valence-corrected chi connectivity index (χ0v) is 43.3. The van der Waals surface area contributed by atoms with Gasteiger partial charge in [-0.1, -0.05) is 280 Å². The van der Waals surface area contributed by atoms with Crippen molar-refractivity contribution in [3.05, 3.63) is 60.8 Å². The Bertz CT molecular complexity index is 1120. The molecule has 1 unspecified atom stereocenters. The zero-order chi connectivity index (χ0) is 47.0. The summed E-state index contributed by atoms with van der Waals surface area (Å²) in [6.07, 6.45) is 74.8. The fraction of sp³-hybridized carbons (Fsp3) is 0.800. The molecular weight excluding hydrogens is 801 g/mol. The molecule has 0 aliphatic carbocycles. The number of ether oxygens (including phenoxy) is 2. The number of carbonyl (C=O) groups excluding carboxylic acids is 2. The molecule has 5 heteroatoms. The second-order valence-corrected chi connectivity index (χ2v) is 19.0. The van der Waals surface area contributed by atoms with Gasteiger partial charge in [-0.2, -0.15) is 0 Å². The molecule has 378 valence electrons. The van der Waals surface area contributed by atoms with Crippen molar-refractivity contribution in [2.75, 3.05) is 13.2 Å². The van der Waals surface area contributed by atoms with Crippen molar-refractivity contribution in [2.45, 2.75) is 296 Å². The predicted octanol–water partition coefficient (Wildman–Crippen LogP) is 19.0. The van der Waals surface area contributed by atoms with Gasteiger partial charge in [-0.15, -0.1) is 0 Å². The van der Waals surface area contributed by atoms with E-state index in [0.29, 0.717) is 12.8 Å². The van der Waals surface area contributed by atoms with Crippen LogP contribution in [-0.4, -0.2) is 36.4 Å². The minimum Gasteiger partial charge on any atom is -0.462 e. The Balaban J connectivity index is 3.46. The van der Waals surface area contributed by atoms with Gasteiger partial charge in [0.05, 0.1) is 6.61 Å². The summed E-state index contributed by atoms with van der Waals surface area (Å²) in [7, 11) is 0. The summed E-state index contributed by atoms with van der Waals surface area (Å²) in [5.74, 6) is -0.576. The number of hydrogen-bond donors (Lipinski definition) is 1. The minimum atomic E-state index is -0.771. The van der Waals surface area contributed by atoms with Crippen LogP contribution in [-0.2, 0) is 19.1 Å². The molecule has 0 spiro atoms. The number of esters is 2. The van der Waals surface area contributed by atoms with E-state index in [-0.39, 0.29) is 25.2 Å². The molecule has 0 aliphatic rings. The lowest BCUT2D eigenvalue weighted by atomic mass is 10.0. The summed E-state index contributed by atoms with van der Waals surface area (Å²) in [6.45, 7) is 4.07. The predicted molar refractivity (Wildman–Crippen MR) is 284 cm³/mol. The van der Waals surface area contributed by atoms with Gasteiger partial charge >= 0.3 is 11.9 Å². The molecule has 0 radical (unpaired) electrons. The van der Waals surface area contributed by atoms with Gasteiger partial charge in [-0.25, -0.2) is 0 Å². The molecule has 1 N–H and O–H groups in total. The van der Waals surface area contributed by atoms with E-state index in [1.807, 2.05) is 0 Å². The number of carbonyl (C=O) groups is 2. The number of aliphatic hydroxyl groups is 1. The third-order valence-corrected chi connectivity index (χ3v) is 12.6. The van der Waals surface area contributed by atoms with Crippen LogP contribution in [0.5, 0.6) is 0 Å². The molecule has 0 amide bonds. The van der Waals surface area contributed by atoms with Crippen molar-refractivity contribution in [2.24, 2.45) is 0 Å². The maximum absolute atomic E-state index is 12.3. The standard InChI is InChI=1S/C60H108O5/c1-3-5-7-9-11-13-15-17-19-21-23-25-26-27-28-29-30-31-32-33-34-35-37-39-41-43-45-47-49-51-53-55-60(63)65-58(56-61)57-64-59(62)54-52-50-48-46-44-42-40-38-36-24-22-20-18-16-14-12-10-8-6-4-2/h5,7,11,13,17,19,23,25,27-28,58,61H,3-4,6,8-10,12,14-16,18,20-22,24,26,29-57H2,1-2H3/b7-5-,13-11-,19-17-,25-23-,28-27-. The molecule has 0 saturated heterocycles. The lowest BCUT2D eigenvalue weighted by Gasteiger charge is -2.15. The van der Waals surface area contributed by atoms with E-state index < -0.39 is 6.10 Å². The van der Waals surface area contributed by atoms with E-state index in [0.717, 1.165) is 70.6 Å². The highest BCUT2D eigenvalue weighted by Crippen LogP contribution is 2.17. The first-order valence-corrected chi connectivity index (χ1v) is 28.3. The third kappa shape index (κ3) is 54.1. The van der Waals surface area contributed by atoms with Crippen LogP contribution in [0.3, 0.4) is 0 Å². The molecule has 1 atom stereocenters. The summed E-state index contributed by atoms with van der Waals surface area (Å²) < 4.78 is 10.7. The van der Waals surface area contributed by atoms with Crippen molar-refractivity contribution < 1.29 is 24.2 Å². The number of unbranched alkanes of at least 4 members (excludes halogenated alkanes) is 34. The first kappa shape index (κ1) is 62.6. The van der Waals surface area contributed by atoms with Gasteiger partial charge in [-0.3, -0.25) is 9.59 Å². The van der Waals surface area contributed by atoms with E-state index in [4.69, 9.17) is 9.47 Å². The highest BCUT2D eigenvalue weighted by atomic mass is 16.6. The van der Waals surface area contributed by atoms with Crippen LogP contribution in [0.4, 0.5) is 0 Å². The quantitative estimate of drug-likeness (QED) is 0.0374. The Morgan fingerprint density at radius 1 is 0.369 bits per heavy atom. The number of rotatable bonds is 52. The monoisotopic (exact) mass is 909 g/mol. The van der Waals surface area contributed by atoms with E-state index in [9.17, 15) is 14.7 Å². The van der Waals surface area contributed by atoms with Gasteiger partial charge in [0.2, 0.25) is 0 Å². The van der Waals surface area contributed by atoms with Crippen molar-refractivity contribution in [1.29, 1.82) is 0 Å². The minimum absolute atomic E-state index is 0.0623. The average Bonchev–Trinajstić information content (AvgIpc) is 3.31. The molecule has 0 aliphatic heterocycles. The van der Waals surface area contributed by atoms with Crippen LogP contribution >= 0.6 is 0 Å². The average molecular weight is 910 g/mol. The number of hydrogen-bond acceptors (Lipinski definition) is 5. The Kier molecular flexibility index (Phi) is 53.9. The molecular formula is C60H108O5. The van der Waals surface area contributed by atoms with Crippen molar-refractivity contribution in [1.82, 2.24) is 0 Å². The lowest BCUT2D eigenvalue weighted by Crippen LogP contribution is -2.28. The molecule has 0 rings (SSSR count). The van der Waals surface area contributed by atoms with Gasteiger partial charge in [0.25, 0.3) is 0 Å².